The minimum absolute atomic E-state index is 0.0569. The molecule has 31 heavy (non-hydrogen) atoms. The maximum atomic E-state index is 12.2. The van der Waals surface area contributed by atoms with Gasteiger partial charge in [-0.2, -0.15) is 4.98 Å². The molecule has 0 spiro atoms. The van der Waals surface area contributed by atoms with Gasteiger partial charge >= 0.3 is 5.69 Å². The fourth-order valence-electron chi connectivity index (χ4n) is 3.24. The van der Waals surface area contributed by atoms with Crippen molar-refractivity contribution in [2.75, 3.05) is 19.4 Å². The summed E-state index contributed by atoms with van der Waals surface area (Å²) in [5.41, 5.74) is 2.72. The molecule has 0 aliphatic heterocycles. The van der Waals surface area contributed by atoms with Gasteiger partial charge in [0.2, 0.25) is 6.41 Å². The van der Waals surface area contributed by atoms with Crippen molar-refractivity contribution in [3.63, 3.8) is 0 Å². The number of anilines is 2. The molecule has 2 aromatic carbocycles. The Hall–Kier alpha value is -4.33. The molecular formula is C23H19N5O3. The van der Waals surface area contributed by atoms with Crippen molar-refractivity contribution in [3.8, 4) is 11.1 Å². The quantitative estimate of drug-likeness (QED) is 0.505. The average molecular weight is 413 g/mol. The number of aromatic nitrogens is 3. The van der Waals surface area contributed by atoms with Crippen molar-refractivity contribution in [3.05, 3.63) is 82.9 Å². The number of hydrogen-bond acceptors (Lipinski definition) is 6. The second-order valence-electron chi connectivity index (χ2n) is 7.08. The van der Waals surface area contributed by atoms with E-state index in [1.54, 1.807) is 38.4 Å². The number of nitrogens with zero attached hydrogens (tertiary/aromatic N) is 4. The Labute approximate surface area is 177 Å². The molecule has 8 heteroatoms. The monoisotopic (exact) mass is 413 g/mol. The standard InChI is InChI=1S/C23H19N5O3/c1-27(2)22(30)16-10-8-15(9-11-16)17-5-3-6-18(13-17)25-20-19-7-4-12-24-21(19)28(14-29)23(31)26-20/h3-14H,1-2H3,(H,25,26,31). The number of rotatable bonds is 5. The highest BCUT2D eigenvalue weighted by molar-refractivity contribution is 5.94. The largest absolute Gasteiger partial charge is 0.357 e. The Morgan fingerprint density at radius 3 is 2.52 bits per heavy atom. The molecule has 0 atom stereocenters. The van der Waals surface area contributed by atoms with Gasteiger partial charge in [0.25, 0.3) is 5.91 Å². The minimum Gasteiger partial charge on any atom is -0.345 e. The second kappa shape index (κ2) is 8.19. The Kier molecular flexibility index (Phi) is 5.28. The number of fused-ring (bicyclic) bond motifs is 1. The highest BCUT2D eigenvalue weighted by Crippen LogP contribution is 2.26. The van der Waals surface area contributed by atoms with E-state index in [1.807, 2.05) is 36.4 Å². The van der Waals surface area contributed by atoms with E-state index in [4.69, 9.17) is 0 Å². The van der Waals surface area contributed by atoms with Gasteiger partial charge in [0.05, 0.1) is 5.39 Å². The number of carbonyl (C=O) groups is 2. The van der Waals surface area contributed by atoms with Crippen LogP contribution >= 0.6 is 0 Å². The van der Waals surface area contributed by atoms with E-state index in [0.717, 1.165) is 15.7 Å². The molecule has 4 rings (SSSR count). The van der Waals surface area contributed by atoms with Crippen LogP contribution in [0.3, 0.4) is 0 Å². The van der Waals surface area contributed by atoms with E-state index in [1.165, 1.54) is 11.1 Å². The van der Waals surface area contributed by atoms with Crippen LogP contribution in [0, 0.1) is 0 Å². The Morgan fingerprint density at radius 1 is 1.03 bits per heavy atom. The van der Waals surface area contributed by atoms with Crippen LogP contribution in [-0.4, -0.2) is 45.8 Å². The van der Waals surface area contributed by atoms with E-state index in [9.17, 15) is 14.4 Å². The van der Waals surface area contributed by atoms with E-state index in [0.29, 0.717) is 28.9 Å². The summed E-state index contributed by atoms with van der Waals surface area (Å²) in [6.07, 6.45) is 1.91. The lowest BCUT2D eigenvalue weighted by Gasteiger charge is -2.12. The maximum Gasteiger partial charge on any atom is 0.357 e. The van der Waals surface area contributed by atoms with Crippen LogP contribution in [0.5, 0.6) is 0 Å². The van der Waals surface area contributed by atoms with Gasteiger partial charge in [-0.3, -0.25) is 9.59 Å². The average Bonchev–Trinajstić information content (AvgIpc) is 2.79. The lowest BCUT2D eigenvalue weighted by atomic mass is 10.0. The molecule has 0 fully saturated rings. The molecule has 0 aliphatic rings. The number of pyridine rings is 1. The van der Waals surface area contributed by atoms with Crippen LogP contribution in [0.25, 0.3) is 22.2 Å². The van der Waals surface area contributed by atoms with Crippen LogP contribution in [0.4, 0.5) is 11.5 Å². The van der Waals surface area contributed by atoms with Gasteiger partial charge in [-0.15, -0.1) is 0 Å². The van der Waals surface area contributed by atoms with Gasteiger partial charge < -0.3 is 10.2 Å². The summed E-state index contributed by atoms with van der Waals surface area (Å²) in [6.45, 7) is 0. The molecule has 0 radical (unpaired) electrons. The van der Waals surface area contributed by atoms with Gasteiger partial charge in [-0.1, -0.05) is 24.3 Å². The normalized spacial score (nSPS) is 10.6. The van der Waals surface area contributed by atoms with Crippen molar-refractivity contribution < 1.29 is 9.59 Å². The zero-order chi connectivity index (χ0) is 22.0. The molecule has 2 heterocycles. The van der Waals surface area contributed by atoms with Crippen molar-refractivity contribution >= 4 is 34.9 Å². The zero-order valence-corrected chi connectivity index (χ0v) is 16.9. The van der Waals surface area contributed by atoms with Crippen LogP contribution in [0.15, 0.2) is 71.7 Å². The van der Waals surface area contributed by atoms with Gasteiger partial charge in [-0.25, -0.2) is 14.3 Å². The zero-order valence-electron chi connectivity index (χ0n) is 16.9. The summed E-state index contributed by atoms with van der Waals surface area (Å²) >= 11 is 0. The van der Waals surface area contributed by atoms with Crippen molar-refractivity contribution in [1.29, 1.82) is 0 Å². The molecule has 0 aliphatic carbocycles. The lowest BCUT2D eigenvalue weighted by molar-refractivity contribution is 0.0827. The summed E-state index contributed by atoms with van der Waals surface area (Å²) in [4.78, 5) is 45.2. The maximum absolute atomic E-state index is 12.2. The first-order valence-corrected chi connectivity index (χ1v) is 9.49. The molecular weight excluding hydrogens is 394 g/mol. The third kappa shape index (κ3) is 3.91. The predicted molar refractivity (Wildman–Crippen MR) is 119 cm³/mol. The number of amides is 1. The van der Waals surface area contributed by atoms with E-state index in [-0.39, 0.29) is 11.6 Å². The van der Waals surface area contributed by atoms with Crippen LogP contribution in [0.2, 0.25) is 0 Å². The van der Waals surface area contributed by atoms with Crippen molar-refractivity contribution in [1.82, 2.24) is 19.4 Å². The molecule has 4 aromatic rings. The van der Waals surface area contributed by atoms with Gasteiger partial charge in [0.15, 0.2) is 5.65 Å². The van der Waals surface area contributed by atoms with Crippen LogP contribution < -0.4 is 11.0 Å². The van der Waals surface area contributed by atoms with Gasteiger partial charge in [-0.05, 0) is 47.5 Å². The topological polar surface area (TPSA) is 97.2 Å². The SMILES string of the molecule is CN(C)C(=O)c1ccc(-c2cccc(Nc3nc(=O)n(C=O)c4ncccc34)c2)cc1. The molecule has 154 valence electrons. The summed E-state index contributed by atoms with van der Waals surface area (Å²) in [5, 5.41) is 3.70. The first-order valence-electron chi connectivity index (χ1n) is 9.49. The first kappa shape index (κ1) is 20.0. The third-order valence-electron chi connectivity index (χ3n) is 4.79. The number of carbonyl (C=O) groups excluding carboxylic acids is 2. The number of hydrogen-bond donors (Lipinski definition) is 1. The van der Waals surface area contributed by atoms with E-state index >= 15 is 0 Å². The van der Waals surface area contributed by atoms with Crippen molar-refractivity contribution in [2.45, 2.75) is 0 Å². The first-order chi connectivity index (χ1) is 15.0. The Balaban J connectivity index is 1.68. The lowest BCUT2D eigenvalue weighted by Crippen LogP contribution is -2.24. The summed E-state index contributed by atoms with van der Waals surface area (Å²) in [7, 11) is 3.43. The smallest absolute Gasteiger partial charge is 0.345 e. The highest BCUT2D eigenvalue weighted by atomic mass is 16.2. The molecule has 0 saturated carbocycles. The molecule has 0 saturated heterocycles. The predicted octanol–water partition coefficient (Wildman–Crippen LogP) is 2.94. The number of nitrogens with one attached hydrogen (secondary N) is 1. The van der Waals surface area contributed by atoms with E-state index in [2.05, 4.69) is 15.3 Å². The number of benzene rings is 2. The second-order valence-corrected chi connectivity index (χ2v) is 7.08. The highest BCUT2D eigenvalue weighted by Gasteiger charge is 2.12. The third-order valence-corrected chi connectivity index (χ3v) is 4.79. The summed E-state index contributed by atoms with van der Waals surface area (Å²) < 4.78 is 0.869. The molecule has 1 amide bonds. The van der Waals surface area contributed by atoms with Gasteiger partial charge in [0.1, 0.15) is 5.82 Å². The summed E-state index contributed by atoms with van der Waals surface area (Å²) in [6, 6.07) is 18.4. The Bertz CT molecular complexity index is 1340. The fourth-order valence-corrected chi connectivity index (χ4v) is 3.24. The van der Waals surface area contributed by atoms with E-state index < -0.39 is 5.69 Å². The fraction of sp³-hybridized carbons (Fsp3) is 0.0870. The van der Waals surface area contributed by atoms with Crippen LogP contribution in [0.1, 0.15) is 10.4 Å². The van der Waals surface area contributed by atoms with Gasteiger partial charge in [0, 0.05) is 31.5 Å². The van der Waals surface area contributed by atoms with Crippen LogP contribution in [-0.2, 0) is 4.79 Å². The Morgan fingerprint density at radius 2 is 1.81 bits per heavy atom. The van der Waals surface area contributed by atoms with Crippen molar-refractivity contribution in [2.24, 2.45) is 0 Å². The molecule has 0 unspecified atom stereocenters. The molecule has 1 N–H and O–H groups in total. The molecule has 2 aromatic heterocycles. The summed E-state index contributed by atoms with van der Waals surface area (Å²) in [5.74, 6) is 0.258. The molecule has 8 nitrogen and oxygen atoms in total. The minimum atomic E-state index is -0.707. The molecule has 0 bridgehead atoms.